The highest BCUT2D eigenvalue weighted by atomic mass is 16.4. The minimum atomic E-state index is -1.01. The molecule has 0 aliphatic rings. The molecule has 0 bridgehead atoms. The number of carboxylic acids is 1. The Hall–Kier alpha value is -1.30. The van der Waals surface area contributed by atoms with E-state index in [0.717, 1.165) is 24.3 Å². The van der Waals surface area contributed by atoms with Crippen LogP contribution in [0.25, 0.3) is 0 Å². The Morgan fingerprint density at radius 1 is 1.19 bits per heavy atom. The molecule has 0 spiro atoms. The van der Waals surface area contributed by atoms with Crippen molar-refractivity contribution in [1.82, 2.24) is 15.1 Å². The second-order valence-electron chi connectivity index (χ2n) is 3.99. The van der Waals surface area contributed by atoms with E-state index in [-0.39, 0.29) is 12.6 Å². The number of likely N-dealkylation sites (N-methyl/N-ethyl adjacent to an activating group) is 1. The molecule has 0 saturated heterocycles. The Kier molecular flexibility index (Phi) is 7.28. The van der Waals surface area contributed by atoms with Crippen LogP contribution in [0.3, 0.4) is 0 Å². The molecule has 6 nitrogen and oxygen atoms in total. The van der Waals surface area contributed by atoms with Gasteiger partial charge in [-0.3, -0.25) is 4.79 Å². The summed E-state index contributed by atoms with van der Waals surface area (Å²) >= 11 is 0. The predicted octanol–water partition coefficient (Wildman–Crippen LogP) is 0.0542. The summed E-state index contributed by atoms with van der Waals surface area (Å²) in [4.78, 5) is 24.9. The molecule has 6 heteroatoms. The molecule has 0 aliphatic carbocycles. The highest BCUT2D eigenvalue weighted by molar-refractivity contribution is 5.79. The number of aliphatic carboxylic acids is 1. The van der Waals surface area contributed by atoms with E-state index in [0.29, 0.717) is 6.54 Å². The Morgan fingerprint density at radius 2 is 1.81 bits per heavy atom. The second kappa shape index (κ2) is 7.92. The number of nitrogens with one attached hydrogen (secondary N) is 1. The summed E-state index contributed by atoms with van der Waals surface area (Å²) in [6.07, 6.45) is 1.90. The molecule has 0 aromatic rings. The molecule has 2 N–H and O–H groups in total. The molecule has 0 radical (unpaired) electrons. The number of carbonyl (C=O) groups is 2. The fraction of sp³-hybridized carbons (Fsp3) is 0.800. The van der Waals surface area contributed by atoms with Crippen molar-refractivity contribution in [2.75, 3.05) is 40.8 Å². The minimum absolute atomic E-state index is 0.274. The molecule has 0 rings (SSSR count). The number of nitrogens with zero attached hydrogens (tertiary/aromatic N) is 2. The Balaban J connectivity index is 3.53. The van der Waals surface area contributed by atoms with Crippen LogP contribution < -0.4 is 5.32 Å². The monoisotopic (exact) mass is 231 g/mol. The van der Waals surface area contributed by atoms with Gasteiger partial charge in [0.2, 0.25) is 0 Å². The molecule has 2 amide bonds. The van der Waals surface area contributed by atoms with Gasteiger partial charge < -0.3 is 20.2 Å². The van der Waals surface area contributed by atoms with Crippen LogP contribution in [-0.2, 0) is 4.79 Å². The zero-order valence-electron chi connectivity index (χ0n) is 10.2. The van der Waals surface area contributed by atoms with Crippen LogP contribution in [-0.4, -0.2) is 67.7 Å². The topological polar surface area (TPSA) is 72.9 Å². The van der Waals surface area contributed by atoms with Crippen molar-refractivity contribution in [3.8, 4) is 0 Å². The highest BCUT2D eigenvalue weighted by Gasteiger charge is 2.10. The molecule has 16 heavy (non-hydrogen) atoms. The van der Waals surface area contributed by atoms with Crippen molar-refractivity contribution in [2.45, 2.75) is 12.8 Å². The molecule has 0 aromatic heterocycles. The molecular weight excluding hydrogens is 210 g/mol. The van der Waals surface area contributed by atoms with Gasteiger partial charge in [-0.05, 0) is 33.5 Å². The van der Waals surface area contributed by atoms with Crippen LogP contribution in [0.2, 0.25) is 0 Å². The van der Waals surface area contributed by atoms with E-state index in [1.165, 1.54) is 7.05 Å². The Morgan fingerprint density at radius 3 is 2.31 bits per heavy atom. The number of carbonyl (C=O) groups excluding carboxylic acids is 1. The van der Waals surface area contributed by atoms with Crippen LogP contribution in [0.4, 0.5) is 4.79 Å². The van der Waals surface area contributed by atoms with E-state index in [1.807, 2.05) is 14.1 Å². The maximum absolute atomic E-state index is 11.3. The summed E-state index contributed by atoms with van der Waals surface area (Å²) in [6, 6.07) is -0.341. The van der Waals surface area contributed by atoms with Gasteiger partial charge in [-0.25, -0.2) is 4.79 Å². The van der Waals surface area contributed by atoms with Crippen molar-refractivity contribution in [1.29, 1.82) is 0 Å². The zero-order valence-corrected chi connectivity index (χ0v) is 10.2. The van der Waals surface area contributed by atoms with Crippen LogP contribution in [0.1, 0.15) is 12.8 Å². The first-order valence-electron chi connectivity index (χ1n) is 5.29. The van der Waals surface area contributed by atoms with E-state index in [4.69, 9.17) is 5.11 Å². The molecule has 0 unspecified atom stereocenters. The number of rotatable bonds is 7. The van der Waals surface area contributed by atoms with Crippen LogP contribution in [0, 0.1) is 0 Å². The highest BCUT2D eigenvalue weighted by Crippen LogP contribution is 1.90. The lowest BCUT2D eigenvalue weighted by molar-refractivity contribution is -0.137. The van der Waals surface area contributed by atoms with E-state index in [9.17, 15) is 9.59 Å². The second-order valence-corrected chi connectivity index (χ2v) is 3.99. The van der Waals surface area contributed by atoms with Crippen molar-refractivity contribution in [3.05, 3.63) is 0 Å². The summed E-state index contributed by atoms with van der Waals surface area (Å²) in [5.41, 5.74) is 0. The fourth-order valence-electron chi connectivity index (χ4n) is 1.16. The number of hydrogen-bond donors (Lipinski definition) is 2. The average Bonchev–Trinajstić information content (AvgIpc) is 2.15. The first kappa shape index (κ1) is 14.7. The number of hydrogen-bond acceptors (Lipinski definition) is 3. The van der Waals surface area contributed by atoms with E-state index in [2.05, 4.69) is 10.2 Å². The van der Waals surface area contributed by atoms with Crippen molar-refractivity contribution in [3.63, 3.8) is 0 Å². The third-order valence-corrected chi connectivity index (χ3v) is 2.03. The third kappa shape index (κ3) is 8.05. The predicted molar refractivity (Wildman–Crippen MR) is 61.5 cm³/mol. The first-order chi connectivity index (χ1) is 7.43. The largest absolute Gasteiger partial charge is 0.480 e. The first-order valence-corrected chi connectivity index (χ1v) is 5.29. The number of unbranched alkanes of at least 4 members (excludes halogenated alkanes) is 1. The number of carboxylic acid groups (broad SMARTS) is 1. The lowest BCUT2D eigenvalue weighted by atomic mass is 10.3. The molecule has 94 valence electrons. The van der Waals surface area contributed by atoms with Crippen molar-refractivity contribution in [2.24, 2.45) is 0 Å². The van der Waals surface area contributed by atoms with Gasteiger partial charge in [0.05, 0.1) is 0 Å². The van der Waals surface area contributed by atoms with Gasteiger partial charge in [-0.1, -0.05) is 0 Å². The SMILES string of the molecule is CN(C)CCCCNC(=O)N(C)CC(=O)O. The summed E-state index contributed by atoms with van der Waals surface area (Å²) in [5, 5.41) is 11.1. The van der Waals surface area contributed by atoms with Crippen LogP contribution >= 0.6 is 0 Å². The number of amides is 2. The molecule has 0 heterocycles. The smallest absolute Gasteiger partial charge is 0.323 e. The summed E-state index contributed by atoms with van der Waals surface area (Å²) in [5.74, 6) is -1.01. The summed E-state index contributed by atoms with van der Waals surface area (Å²) in [6.45, 7) is 1.29. The maximum Gasteiger partial charge on any atom is 0.323 e. The van der Waals surface area contributed by atoms with Gasteiger partial charge in [0.25, 0.3) is 0 Å². The lowest BCUT2D eigenvalue weighted by Gasteiger charge is -2.15. The van der Waals surface area contributed by atoms with Gasteiger partial charge in [0.15, 0.2) is 0 Å². The number of urea groups is 1. The normalized spacial score (nSPS) is 10.2. The van der Waals surface area contributed by atoms with Gasteiger partial charge in [0, 0.05) is 13.6 Å². The van der Waals surface area contributed by atoms with Crippen molar-refractivity contribution < 1.29 is 14.7 Å². The van der Waals surface area contributed by atoms with E-state index < -0.39 is 5.97 Å². The van der Waals surface area contributed by atoms with Gasteiger partial charge in [0.1, 0.15) is 6.54 Å². The summed E-state index contributed by atoms with van der Waals surface area (Å²) < 4.78 is 0. The van der Waals surface area contributed by atoms with Crippen LogP contribution in [0.15, 0.2) is 0 Å². The Bertz CT molecular complexity index is 231. The Labute approximate surface area is 96.2 Å². The van der Waals surface area contributed by atoms with Gasteiger partial charge in [-0.2, -0.15) is 0 Å². The average molecular weight is 231 g/mol. The summed E-state index contributed by atoms with van der Waals surface area (Å²) in [7, 11) is 5.46. The molecular formula is C10H21N3O3. The van der Waals surface area contributed by atoms with Crippen molar-refractivity contribution >= 4 is 12.0 Å². The molecule has 0 atom stereocenters. The third-order valence-electron chi connectivity index (χ3n) is 2.03. The van der Waals surface area contributed by atoms with E-state index >= 15 is 0 Å². The zero-order chi connectivity index (χ0) is 12.6. The molecule has 0 aromatic carbocycles. The quantitative estimate of drug-likeness (QED) is 0.607. The molecule has 0 saturated carbocycles. The van der Waals surface area contributed by atoms with Gasteiger partial charge in [-0.15, -0.1) is 0 Å². The molecule has 0 aliphatic heterocycles. The molecule has 0 fully saturated rings. The van der Waals surface area contributed by atoms with Crippen LogP contribution in [0.5, 0.6) is 0 Å². The van der Waals surface area contributed by atoms with Gasteiger partial charge >= 0.3 is 12.0 Å². The maximum atomic E-state index is 11.3. The minimum Gasteiger partial charge on any atom is -0.480 e. The fourth-order valence-corrected chi connectivity index (χ4v) is 1.16. The lowest BCUT2D eigenvalue weighted by Crippen LogP contribution is -2.40. The standard InChI is InChI=1S/C10H21N3O3/c1-12(2)7-5-4-6-11-10(16)13(3)8-9(14)15/h4-8H2,1-3H3,(H,11,16)(H,14,15). The van der Waals surface area contributed by atoms with E-state index in [1.54, 1.807) is 0 Å².